The zero-order valence-electron chi connectivity index (χ0n) is 25.8. The molecule has 2 fully saturated rings. The van der Waals surface area contributed by atoms with Crippen LogP contribution in [0.1, 0.15) is 11.1 Å². The molecule has 2 saturated heterocycles. The van der Waals surface area contributed by atoms with E-state index in [0.29, 0.717) is 13.1 Å². The fourth-order valence-corrected chi connectivity index (χ4v) is 7.29. The van der Waals surface area contributed by atoms with E-state index in [4.69, 9.17) is 0 Å². The van der Waals surface area contributed by atoms with Crippen LogP contribution in [-0.4, -0.2) is 97.0 Å². The Balaban J connectivity index is 1.01. The van der Waals surface area contributed by atoms with Gasteiger partial charge in [0.15, 0.2) is 0 Å². The number of rotatable bonds is 12. The van der Waals surface area contributed by atoms with E-state index in [1.165, 1.54) is 20.9 Å². The largest absolute Gasteiger partial charge is 0.385 e. The fourth-order valence-electron chi connectivity index (χ4n) is 7.29. The van der Waals surface area contributed by atoms with E-state index in [1.807, 2.05) is 24.3 Å². The Morgan fingerprint density at radius 1 is 0.523 bits per heavy atom. The molecule has 0 aliphatic carbocycles. The molecule has 0 saturated carbocycles. The summed E-state index contributed by atoms with van der Waals surface area (Å²) in [6.45, 7) is 12.3. The van der Waals surface area contributed by atoms with Crippen LogP contribution in [0, 0.1) is 0 Å². The Labute approximate surface area is 260 Å². The van der Waals surface area contributed by atoms with Crippen molar-refractivity contribution in [1.82, 2.24) is 9.13 Å². The monoisotopic (exact) mass is 602 g/mol. The molecule has 2 unspecified atom stereocenters. The van der Waals surface area contributed by atoms with Crippen molar-refractivity contribution in [2.45, 2.75) is 38.4 Å². The molecule has 6 rings (SSSR count). The van der Waals surface area contributed by atoms with Gasteiger partial charge in [-0.1, -0.05) is 72.8 Å². The first-order valence-corrected chi connectivity index (χ1v) is 16.5. The van der Waals surface area contributed by atoms with Crippen molar-refractivity contribution < 1.29 is 29.8 Å². The average molecular weight is 603 g/mol. The number of hydrogen-bond donors (Lipinski definition) is 6. The van der Waals surface area contributed by atoms with E-state index in [-0.39, 0.29) is 18.8 Å². The minimum Gasteiger partial charge on any atom is -0.385 e. The smallest absolute Gasteiger partial charge is 0.329 e. The first kappa shape index (κ1) is 30.7. The topological polar surface area (TPSA) is 85.1 Å². The third kappa shape index (κ3) is 7.85. The first-order chi connectivity index (χ1) is 21.5. The molecule has 4 aromatic rings. The van der Waals surface area contributed by atoms with Gasteiger partial charge in [0.1, 0.15) is 90.7 Å². The van der Waals surface area contributed by atoms with Gasteiger partial charge in [-0.15, -0.1) is 0 Å². The quantitative estimate of drug-likeness (QED) is 0.102. The highest BCUT2D eigenvalue weighted by atomic mass is 16.3. The summed E-state index contributed by atoms with van der Waals surface area (Å²) in [4.78, 5) is 19.6. The maximum Gasteiger partial charge on any atom is 0.329 e. The third-order valence-electron chi connectivity index (χ3n) is 9.68. The van der Waals surface area contributed by atoms with Gasteiger partial charge in [-0.05, 0) is 12.1 Å². The van der Waals surface area contributed by atoms with E-state index < -0.39 is 12.2 Å². The number of aliphatic hydroxyl groups is 2. The van der Waals surface area contributed by atoms with E-state index in [2.05, 4.69) is 60.7 Å². The second-order valence-electron chi connectivity index (χ2n) is 13.0. The maximum atomic E-state index is 13.7. The summed E-state index contributed by atoms with van der Waals surface area (Å²) in [5, 5.41) is 22.2. The zero-order valence-corrected chi connectivity index (χ0v) is 25.8. The summed E-state index contributed by atoms with van der Waals surface area (Å²) in [7, 11) is 0. The minimum atomic E-state index is -0.610. The Hall–Kier alpha value is -3.31. The molecule has 2 aliphatic heterocycles. The van der Waals surface area contributed by atoms with Crippen molar-refractivity contribution in [2.75, 3.05) is 65.4 Å². The lowest BCUT2D eigenvalue weighted by molar-refractivity contribution is -1.02. The van der Waals surface area contributed by atoms with Gasteiger partial charge in [0.25, 0.3) is 0 Å². The van der Waals surface area contributed by atoms with Crippen LogP contribution < -0.4 is 25.3 Å². The van der Waals surface area contributed by atoms with Gasteiger partial charge in [0.2, 0.25) is 0 Å². The van der Waals surface area contributed by atoms with Crippen molar-refractivity contribution in [2.24, 2.45) is 0 Å². The number of hydrogen-bond acceptors (Lipinski definition) is 3. The number of para-hydroxylation sites is 2. The number of fused-ring (bicyclic) bond motifs is 1. The number of nitrogens with one attached hydrogen (secondary N) is 4. The van der Waals surface area contributed by atoms with Gasteiger partial charge in [-0.25, -0.2) is 4.79 Å². The highest BCUT2D eigenvalue weighted by Gasteiger charge is 2.28. The van der Waals surface area contributed by atoms with Crippen LogP contribution in [0.2, 0.25) is 0 Å². The molecule has 3 aromatic carbocycles. The van der Waals surface area contributed by atoms with E-state index in [0.717, 1.165) is 76.5 Å². The second kappa shape index (κ2) is 14.6. The SMILES string of the molecule is O=c1n(CC(O)C[NH+]2CC[NH+](Cc3ccccc3)CC2)c2ccccc2n1CC(O)C[NH+]1CC[NH+](Cc2ccccc2)CC1. The second-order valence-corrected chi connectivity index (χ2v) is 13.0. The summed E-state index contributed by atoms with van der Waals surface area (Å²) in [6.07, 6.45) is -1.22. The molecule has 9 nitrogen and oxygen atoms in total. The Morgan fingerprint density at radius 3 is 1.25 bits per heavy atom. The van der Waals surface area contributed by atoms with E-state index >= 15 is 0 Å². The molecule has 6 N–H and O–H groups in total. The van der Waals surface area contributed by atoms with Crippen molar-refractivity contribution in [1.29, 1.82) is 0 Å². The Kier molecular flexibility index (Phi) is 10.2. The normalized spacial score (nSPS) is 23.9. The molecule has 234 valence electrons. The summed E-state index contributed by atoms with van der Waals surface area (Å²) in [5.74, 6) is 0. The average Bonchev–Trinajstić information content (AvgIpc) is 3.30. The van der Waals surface area contributed by atoms with E-state index in [9.17, 15) is 15.0 Å². The van der Waals surface area contributed by atoms with Crippen LogP contribution in [0.4, 0.5) is 0 Å². The molecule has 0 spiro atoms. The highest BCUT2D eigenvalue weighted by molar-refractivity contribution is 5.76. The number of nitrogens with zero attached hydrogens (tertiary/aromatic N) is 2. The van der Waals surface area contributed by atoms with Crippen molar-refractivity contribution in [3.8, 4) is 0 Å². The number of imidazole rings is 1. The molecule has 3 heterocycles. The van der Waals surface area contributed by atoms with Gasteiger partial charge in [0.05, 0.1) is 24.1 Å². The summed E-state index contributed by atoms with van der Waals surface area (Å²) >= 11 is 0. The summed E-state index contributed by atoms with van der Waals surface area (Å²) in [5.41, 5.74) is 4.23. The molecule has 1 aromatic heterocycles. The van der Waals surface area contributed by atoms with Crippen molar-refractivity contribution in [3.63, 3.8) is 0 Å². The molecular formula is C35H50N6O3+4. The standard InChI is InChI=1S/C35H46N6O3/c42-31(25-38-19-15-36(16-20-38)23-29-9-3-1-4-10-29)27-40-33-13-7-8-14-34(33)41(35(40)44)28-32(43)26-39-21-17-37(18-22-39)24-30-11-5-2-6-12-30/h1-14,31-32,42-43H,15-28H2/p+4. The van der Waals surface area contributed by atoms with Gasteiger partial charge >= 0.3 is 5.69 Å². The van der Waals surface area contributed by atoms with Crippen LogP contribution in [0.5, 0.6) is 0 Å². The number of quaternary nitrogens is 4. The van der Waals surface area contributed by atoms with Gasteiger partial charge in [-0.3, -0.25) is 9.13 Å². The van der Waals surface area contributed by atoms with Crippen LogP contribution in [0.25, 0.3) is 11.0 Å². The van der Waals surface area contributed by atoms with E-state index in [1.54, 1.807) is 18.9 Å². The lowest BCUT2D eigenvalue weighted by atomic mass is 10.2. The molecule has 0 amide bonds. The van der Waals surface area contributed by atoms with Crippen molar-refractivity contribution >= 4 is 11.0 Å². The predicted molar refractivity (Wildman–Crippen MR) is 171 cm³/mol. The molecule has 2 atom stereocenters. The summed E-state index contributed by atoms with van der Waals surface area (Å²) in [6, 6.07) is 29.1. The van der Waals surface area contributed by atoms with Crippen LogP contribution in [0.3, 0.4) is 0 Å². The third-order valence-corrected chi connectivity index (χ3v) is 9.68. The highest BCUT2D eigenvalue weighted by Crippen LogP contribution is 2.13. The van der Waals surface area contributed by atoms with Gasteiger partial charge in [-0.2, -0.15) is 0 Å². The van der Waals surface area contributed by atoms with Crippen LogP contribution >= 0.6 is 0 Å². The maximum absolute atomic E-state index is 13.7. The number of piperazine rings is 2. The number of benzene rings is 3. The molecular weight excluding hydrogens is 552 g/mol. The van der Waals surface area contributed by atoms with Crippen LogP contribution in [0.15, 0.2) is 89.7 Å². The lowest BCUT2D eigenvalue weighted by Gasteiger charge is -2.31. The Morgan fingerprint density at radius 2 is 0.864 bits per heavy atom. The van der Waals surface area contributed by atoms with Crippen molar-refractivity contribution in [3.05, 3.63) is 107 Å². The first-order valence-electron chi connectivity index (χ1n) is 16.5. The molecule has 0 radical (unpaired) electrons. The molecule has 44 heavy (non-hydrogen) atoms. The zero-order chi connectivity index (χ0) is 30.3. The van der Waals surface area contributed by atoms with Gasteiger partial charge in [0, 0.05) is 11.1 Å². The number of aromatic nitrogens is 2. The summed E-state index contributed by atoms with van der Waals surface area (Å²) < 4.78 is 3.42. The minimum absolute atomic E-state index is 0.149. The Bertz CT molecular complexity index is 1400. The van der Waals surface area contributed by atoms with Gasteiger partial charge < -0.3 is 29.8 Å². The fraction of sp³-hybridized carbons (Fsp3) is 0.457. The molecule has 2 aliphatic rings. The molecule has 0 bridgehead atoms. The van der Waals surface area contributed by atoms with Crippen LogP contribution in [-0.2, 0) is 26.2 Å². The number of aliphatic hydroxyl groups excluding tert-OH is 2. The predicted octanol–water partition coefficient (Wildman–Crippen LogP) is -3.51. The lowest BCUT2D eigenvalue weighted by Crippen LogP contribution is -3.28. The molecule has 9 heteroatoms.